The van der Waals surface area contributed by atoms with E-state index in [0.717, 1.165) is 6.08 Å². The van der Waals surface area contributed by atoms with E-state index < -0.39 is 64.0 Å². The van der Waals surface area contributed by atoms with Crippen molar-refractivity contribution in [1.82, 2.24) is 9.97 Å². The maximum absolute atomic E-state index is 13.7. The second-order valence-electron chi connectivity index (χ2n) is 11.8. The van der Waals surface area contributed by atoms with Crippen LogP contribution in [0.25, 0.3) is 28.5 Å². The number of anilines is 4. The van der Waals surface area contributed by atoms with Gasteiger partial charge in [-0.1, -0.05) is 18.2 Å². The molecule has 0 bridgehead atoms. The number of allylic oxidation sites excluding steroid dienone is 1. The summed E-state index contributed by atoms with van der Waals surface area (Å²) in [4.78, 5) is 19.4. The van der Waals surface area contributed by atoms with Crippen molar-refractivity contribution < 1.29 is 89.9 Å². The molecule has 7 rings (SSSR count). The number of rotatable bonds is 9. The maximum atomic E-state index is 13.7. The number of aromatic nitrogens is 2. The van der Waals surface area contributed by atoms with E-state index in [1.165, 1.54) is 12.1 Å². The Bertz CT molecular complexity index is 2900. The molecule has 0 aliphatic heterocycles. The van der Waals surface area contributed by atoms with Crippen LogP contribution in [0.2, 0.25) is 0 Å². The maximum Gasteiger partial charge on any atom is 1.00 e. The van der Waals surface area contributed by atoms with Crippen LogP contribution in [0.1, 0.15) is 15.9 Å². The Kier molecular flexibility index (Phi) is 12.9. The van der Waals surface area contributed by atoms with Crippen molar-refractivity contribution in [3.05, 3.63) is 113 Å². The first-order valence-corrected chi connectivity index (χ1v) is 18.6. The number of H-pyrrole nitrogens is 1. The average molecular weight is 822 g/mol. The summed E-state index contributed by atoms with van der Waals surface area (Å²) < 4.78 is 73.5. The Labute approximate surface area is 368 Å². The molecule has 1 aromatic heterocycles. The summed E-state index contributed by atoms with van der Waals surface area (Å²) >= 11 is 0. The number of nitrogens with two attached hydrogens (primary N) is 3. The zero-order chi connectivity index (χ0) is 39.1. The quantitative estimate of drug-likeness (QED) is 0.0432. The molecular weight excluding hydrogens is 797 g/mol. The minimum Gasteiger partial charge on any atom is -0.744 e. The number of aromatic amines is 1. The van der Waals surface area contributed by atoms with E-state index in [1.54, 1.807) is 78.9 Å². The topological polar surface area (TPSA) is 312 Å². The van der Waals surface area contributed by atoms with E-state index in [0.29, 0.717) is 56.9 Å². The largest absolute Gasteiger partial charge is 1.00 e. The van der Waals surface area contributed by atoms with Gasteiger partial charge < -0.3 is 31.3 Å². The molecule has 1 aliphatic rings. The van der Waals surface area contributed by atoms with Crippen LogP contribution in [0.5, 0.6) is 0 Å². The summed E-state index contributed by atoms with van der Waals surface area (Å²) in [5, 5.41) is 20.2. The van der Waals surface area contributed by atoms with Crippen molar-refractivity contribution in [3.63, 3.8) is 0 Å². The summed E-state index contributed by atoms with van der Waals surface area (Å²) in [7, 11) is -10.7. The number of nitrogens with zero attached hydrogens (tertiary/aromatic N) is 6. The number of azo groups is 2. The van der Waals surface area contributed by atoms with Crippen molar-refractivity contribution in [1.29, 1.82) is 0 Å². The Balaban J connectivity index is 0.00000310. The monoisotopic (exact) mass is 821 g/mol. The number of para-hydroxylation sites is 1. The van der Waals surface area contributed by atoms with Crippen molar-refractivity contribution in [2.75, 3.05) is 22.6 Å². The third-order valence-electron chi connectivity index (χ3n) is 8.10. The molecule has 0 amide bonds. The number of carbonyl (C=O) groups excluding carboxylic acids is 1. The zero-order valence-corrected chi connectivity index (χ0v) is 35.5. The van der Waals surface area contributed by atoms with Gasteiger partial charge in [0.25, 0.3) is 0 Å². The van der Waals surface area contributed by atoms with Crippen molar-refractivity contribution in [2.24, 2.45) is 25.6 Å². The van der Waals surface area contributed by atoms with Crippen LogP contribution in [0.4, 0.5) is 45.5 Å². The minimum atomic E-state index is -5.33. The van der Waals surface area contributed by atoms with Gasteiger partial charge >= 0.3 is 59.1 Å². The first kappa shape index (κ1) is 43.0. The first-order valence-electron chi connectivity index (χ1n) is 15.8. The number of hydrogen-bond donors (Lipinski definition) is 5. The molecule has 5 aromatic carbocycles. The van der Waals surface area contributed by atoms with E-state index in [2.05, 4.69) is 41.0 Å². The van der Waals surface area contributed by atoms with Gasteiger partial charge in [-0.05, 0) is 90.5 Å². The Hall–Kier alpha value is -5.13. The molecular formula is C35H25N11Na2O7S2. The molecule has 0 atom stereocenters. The number of nitrogen functional groups attached to an aromatic ring is 3. The fourth-order valence-electron chi connectivity index (χ4n) is 5.48. The van der Waals surface area contributed by atoms with Gasteiger partial charge in [-0.2, -0.15) is 15.3 Å². The van der Waals surface area contributed by atoms with Crippen LogP contribution < -0.4 is 81.7 Å². The second-order valence-corrected chi connectivity index (χ2v) is 14.5. The van der Waals surface area contributed by atoms with Gasteiger partial charge in [0.15, 0.2) is 0 Å². The zero-order valence-electron chi connectivity index (χ0n) is 29.9. The fourth-order valence-corrected chi connectivity index (χ4v) is 6.79. The molecule has 0 fully saturated rings. The van der Waals surface area contributed by atoms with Gasteiger partial charge in [-0.3, -0.25) is 10.2 Å². The molecule has 0 saturated heterocycles. The summed E-state index contributed by atoms with van der Waals surface area (Å²) in [5.41, 5.74) is 21.9. The van der Waals surface area contributed by atoms with Crippen LogP contribution in [0.15, 0.2) is 132 Å². The van der Waals surface area contributed by atoms with Crippen molar-refractivity contribution >= 4 is 94.3 Å². The number of ketones is 1. The Morgan fingerprint density at radius 2 is 1.42 bits per heavy atom. The van der Waals surface area contributed by atoms with Gasteiger partial charge in [-0.25, -0.2) is 21.8 Å². The number of fused-ring (bicyclic) bond motifs is 2. The number of benzene rings is 5. The molecule has 0 spiro atoms. The van der Waals surface area contributed by atoms with Gasteiger partial charge in [-0.15, -0.1) is 10.2 Å². The van der Waals surface area contributed by atoms with E-state index >= 15 is 0 Å². The first-order chi connectivity index (χ1) is 26.2. The third kappa shape index (κ3) is 9.37. The van der Waals surface area contributed by atoms with E-state index in [9.17, 15) is 30.7 Å². The summed E-state index contributed by atoms with van der Waals surface area (Å²) in [5.74, 6) is -0.643. The standard InChI is InChI=1S/C35H27N11O7S2.2Na/c36-20-8-12-25(24(37)16-20)44-43-23-11-13-26-27(17-23)40-35(39-26)18-6-9-22(10-7-18)42-45-32-28(54(48,49)50)14-19-15-29(55(51,52)53)33(34(47)30(19)31(32)38)46-41-21-4-2-1-3-5-21;;/h1-17,41H,36-38H2,(H,39,40)(H,48,49,50)(H,51,52,53);;/q;2*+1/p-2. The number of hydrazone groups is 1. The number of nitrogens with one attached hydrogen (secondary N) is 2. The summed E-state index contributed by atoms with van der Waals surface area (Å²) in [6.07, 6.45) is 0.718. The van der Waals surface area contributed by atoms with Crippen LogP contribution in [-0.4, -0.2) is 47.4 Å². The molecule has 0 saturated carbocycles. The smallest absolute Gasteiger partial charge is 0.744 e. The summed E-state index contributed by atoms with van der Waals surface area (Å²) in [6, 6.07) is 25.4. The SMILES string of the molecule is Nc1ccc(N=Nc2ccc3nc(-c4ccc(N=Nc5c(S(=O)(=O)[O-])cc6c(c5N)C(=O)C(=NNc5ccccc5)C(S(=O)(=O)[O-])=C6)cc4)[nH]c3c2)c(N)c1.[Na+].[Na+]. The fraction of sp³-hybridized carbons (Fsp3) is 0. The van der Waals surface area contributed by atoms with E-state index in [4.69, 9.17) is 17.2 Å². The number of carbonyl (C=O) groups is 1. The van der Waals surface area contributed by atoms with E-state index in [-0.39, 0.29) is 64.8 Å². The normalized spacial score (nSPS) is 13.7. The predicted molar refractivity (Wildman–Crippen MR) is 203 cm³/mol. The number of imidazole rings is 1. The number of Topliss-reactive ketones (excluding diaryl/α,β-unsaturated/α-hetero) is 1. The Morgan fingerprint density at radius 3 is 2.09 bits per heavy atom. The molecule has 0 radical (unpaired) electrons. The van der Waals surface area contributed by atoms with Gasteiger partial charge in [0.05, 0.1) is 54.8 Å². The predicted octanol–water partition coefficient (Wildman–Crippen LogP) is 0.270. The molecule has 57 heavy (non-hydrogen) atoms. The van der Waals surface area contributed by atoms with Gasteiger partial charge in [0.1, 0.15) is 43.1 Å². The molecule has 8 N–H and O–H groups in total. The molecule has 0 unspecified atom stereocenters. The molecule has 6 aromatic rings. The third-order valence-corrected chi connectivity index (χ3v) is 9.80. The van der Waals surface area contributed by atoms with Crippen LogP contribution in [-0.2, 0) is 20.2 Å². The molecule has 22 heteroatoms. The molecule has 18 nitrogen and oxygen atoms in total. The van der Waals surface area contributed by atoms with Gasteiger partial charge in [0.2, 0.25) is 5.78 Å². The van der Waals surface area contributed by atoms with Crippen molar-refractivity contribution in [3.8, 4) is 11.4 Å². The van der Waals surface area contributed by atoms with Crippen LogP contribution in [0, 0.1) is 0 Å². The van der Waals surface area contributed by atoms with E-state index in [1.807, 2.05) is 0 Å². The van der Waals surface area contributed by atoms with Crippen LogP contribution >= 0.6 is 0 Å². The van der Waals surface area contributed by atoms with Gasteiger partial charge in [0, 0.05) is 11.3 Å². The second kappa shape index (κ2) is 17.2. The molecule has 1 heterocycles. The summed E-state index contributed by atoms with van der Waals surface area (Å²) in [6.45, 7) is 0. The number of hydrogen-bond acceptors (Lipinski definition) is 17. The van der Waals surface area contributed by atoms with Crippen molar-refractivity contribution in [2.45, 2.75) is 4.90 Å². The molecule has 1 aliphatic carbocycles. The minimum absolute atomic E-state index is 0. The Morgan fingerprint density at radius 1 is 0.737 bits per heavy atom. The molecule has 276 valence electrons. The van der Waals surface area contributed by atoms with Crippen LogP contribution in [0.3, 0.4) is 0 Å². The average Bonchev–Trinajstić information content (AvgIpc) is 3.57.